The summed E-state index contributed by atoms with van der Waals surface area (Å²) in [6.45, 7) is 0. The zero-order valence-electron chi connectivity index (χ0n) is 8.93. The molecule has 0 aliphatic rings. The molecule has 0 aliphatic heterocycles. The molecule has 0 heterocycles. The first kappa shape index (κ1) is 12.0. The van der Waals surface area contributed by atoms with Crippen LogP contribution < -0.4 is 4.74 Å². The number of methoxy groups -OCH3 is 1. The van der Waals surface area contributed by atoms with Crippen LogP contribution in [0.15, 0.2) is 34.8 Å². The summed E-state index contributed by atoms with van der Waals surface area (Å²) in [5.41, 5.74) is 0.351. The Morgan fingerprint density at radius 1 is 1.18 bits per heavy atom. The third-order valence-electron chi connectivity index (χ3n) is 2.29. The van der Waals surface area contributed by atoms with E-state index in [1.54, 1.807) is 12.1 Å². The van der Waals surface area contributed by atoms with E-state index in [0.717, 1.165) is 0 Å². The molecule has 2 rings (SSSR count). The molecule has 0 aliphatic carbocycles. The van der Waals surface area contributed by atoms with Crippen LogP contribution in [-0.2, 0) is 0 Å². The van der Waals surface area contributed by atoms with Crippen molar-refractivity contribution in [3.05, 3.63) is 52.5 Å². The van der Waals surface area contributed by atoms with Crippen LogP contribution >= 0.6 is 15.9 Å². The van der Waals surface area contributed by atoms with Crippen molar-refractivity contribution in [1.29, 1.82) is 0 Å². The zero-order valence-corrected chi connectivity index (χ0v) is 10.5. The monoisotopic (exact) mass is 297 g/mol. The van der Waals surface area contributed by atoms with E-state index in [1.807, 2.05) is 0 Å². The third-order valence-corrected chi connectivity index (χ3v) is 2.75. The van der Waals surface area contributed by atoms with Gasteiger partial charge in [-0.1, -0.05) is 22.0 Å². The Morgan fingerprint density at radius 2 is 1.82 bits per heavy atom. The average molecular weight is 298 g/mol. The fraction of sp³-hybridized carbons (Fsp3) is 0.0769. The average Bonchev–Trinajstić information content (AvgIpc) is 2.28. The van der Waals surface area contributed by atoms with Crippen LogP contribution in [-0.4, -0.2) is 7.11 Å². The van der Waals surface area contributed by atoms with Crippen LogP contribution in [0.25, 0.3) is 11.1 Å². The number of halogens is 3. The van der Waals surface area contributed by atoms with E-state index in [0.29, 0.717) is 15.8 Å². The van der Waals surface area contributed by atoms with Crippen molar-refractivity contribution in [2.24, 2.45) is 0 Å². The van der Waals surface area contributed by atoms with Crippen LogP contribution in [0.4, 0.5) is 8.78 Å². The topological polar surface area (TPSA) is 9.23 Å². The number of benzene rings is 2. The molecule has 0 unspecified atom stereocenters. The zero-order chi connectivity index (χ0) is 12.4. The molecule has 0 spiro atoms. The largest absolute Gasteiger partial charge is 0.496 e. The van der Waals surface area contributed by atoms with Crippen molar-refractivity contribution < 1.29 is 13.5 Å². The lowest BCUT2D eigenvalue weighted by atomic mass is 10.0. The van der Waals surface area contributed by atoms with E-state index in [-0.39, 0.29) is 5.56 Å². The highest BCUT2D eigenvalue weighted by molar-refractivity contribution is 9.10. The number of rotatable bonds is 2. The highest BCUT2D eigenvalue weighted by Crippen LogP contribution is 2.30. The first-order chi connectivity index (χ1) is 8.11. The van der Waals surface area contributed by atoms with E-state index in [4.69, 9.17) is 4.74 Å². The van der Waals surface area contributed by atoms with Crippen molar-refractivity contribution in [3.8, 4) is 16.9 Å². The van der Waals surface area contributed by atoms with Crippen molar-refractivity contribution >= 4 is 15.9 Å². The van der Waals surface area contributed by atoms with Gasteiger partial charge in [-0.05, 0) is 29.8 Å². The molecular formula is C13H8BrF2O. The van der Waals surface area contributed by atoms with Crippen molar-refractivity contribution in [1.82, 2.24) is 0 Å². The molecule has 0 atom stereocenters. The highest BCUT2D eigenvalue weighted by atomic mass is 79.9. The van der Waals surface area contributed by atoms with Crippen LogP contribution in [0.3, 0.4) is 0 Å². The minimum absolute atomic E-state index is 0.0690. The highest BCUT2D eigenvalue weighted by Gasteiger charge is 2.13. The van der Waals surface area contributed by atoms with Gasteiger partial charge in [-0.25, -0.2) is 8.78 Å². The molecule has 2 aromatic carbocycles. The summed E-state index contributed by atoms with van der Waals surface area (Å²) in [4.78, 5) is 0. The van der Waals surface area contributed by atoms with Gasteiger partial charge in [0.2, 0.25) is 0 Å². The van der Waals surface area contributed by atoms with Crippen molar-refractivity contribution in [2.75, 3.05) is 7.11 Å². The molecule has 0 saturated carbocycles. The Kier molecular flexibility index (Phi) is 3.43. The summed E-state index contributed by atoms with van der Waals surface area (Å²) in [6.07, 6.45) is 0. The van der Waals surface area contributed by atoms with Gasteiger partial charge in [-0.2, -0.15) is 0 Å². The van der Waals surface area contributed by atoms with E-state index >= 15 is 0 Å². The molecule has 0 bridgehead atoms. The SMILES string of the molecule is COc1[c]ccc(-c2c(F)cc(Br)cc2F)c1. The van der Waals surface area contributed by atoms with E-state index in [2.05, 4.69) is 22.0 Å². The summed E-state index contributed by atoms with van der Waals surface area (Å²) in [5, 5.41) is 0. The second-order valence-electron chi connectivity index (χ2n) is 3.39. The summed E-state index contributed by atoms with van der Waals surface area (Å²) in [6, 6.07) is 9.93. The Hall–Kier alpha value is -1.42. The second kappa shape index (κ2) is 4.84. The fourth-order valence-corrected chi connectivity index (χ4v) is 1.94. The maximum Gasteiger partial charge on any atom is 0.135 e. The summed E-state index contributed by atoms with van der Waals surface area (Å²) in [7, 11) is 1.48. The molecule has 0 N–H and O–H groups in total. The smallest absolute Gasteiger partial charge is 0.135 e. The van der Waals surface area contributed by atoms with Gasteiger partial charge in [0.25, 0.3) is 0 Å². The van der Waals surface area contributed by atoms with Crippen molar-refractivity contribution in [2.45, 2.75) is 0 Å². The summed E-state index contributed by atoms with van der Waals surface area (Å²) < 4.78 is 32.8. The quantitative estimate of drug-likeness (QED) is 0.807. The molecule has 4 heteroatoms. The Morgan fingerprint density at radius 3 is 2.41 bits per heavy atom. The van der Waals surface area contributed by atoms with Crippen LogP contribution in [0.5, 0.6) is 5.75 Å². The number of hydrogen-bond donors (Lipinski definition) is 0. The first-order valence-corrected chi connectivity index (χ1v) is 5.62. The van der Waals surface area contributed by atoms with Crippen LogP contribution in [0, 0.1) is 17.7 Å². The normalized spacial score (nSPS) is 10.4. The predicted molar refractivity (Wildman–Crippen MR) is 64.9 cm³/mol. The lowest BCUT2D eigenvalue weighted by Crippen LogP contribution is -1.91. The van der Waals surface area contributed by atoms with E-state index in [1.165, 1.54) is 25.3 Å². The second-order valence-corrected chi connectivity index (χ2v) is 4.31. The first-order valence-electron chi connectivity index (χ1n) is 4.82. The van der Waals surface area contributed by atoms with E-state index < -0.39 is 11.6 Å². The lowest BCUT2D eigenvalue weighted by Gasteiger charge is -2.07. The Labute approximate surface area is 106 Å². The molecule has 0 fully saturated rings. The fourth-order valence-electron chi connectivity index (χ4n) is 1.54. The number of ether oxygens (including phenoxy) is 1. The maximum atomic E-state index is 13.7. The van der Waals surface area contributed by atoms with Gasteiger partial charge in [-0.3, -0.25) is 0 Å². The molecule has 1 nitrogen and oxygen atoms in total. The molecule has 17 heavy (non-hydrogen) atoms. The molecule has 87 valence electrons. The molecule has 0 amide bonds. The van der Waals surface area contributed by atoms with E-state index in [9.17, 15) is 8.78 Å². The predicted octanol–water partition coefficient (Wildman–Crippen LogP) is 4.20. The van der Waals surface area contributed by atoms with Crippen LogP contribution in [0.1, 0.15) is 0 Å². The minimum Gasteiger partial charge on any atom is -0.496 e. The van der Waals surface area contributed by atoms with Gasteiger partial charge in [0.15, 0.2) is 0 Å². The Balaban J connectivity index is 2.60. The summed E-state index contributed by atoms with van der Waals surface area (Å²) >= 11 is 3.04. The Bertz CT molecular complexity index is 532. The van der Waals surface area contributed by atoms with Crippen molar-refractivity contribution in [3.63, 3.8) is 0 Å². The van der Waals surface area contributed by atoms with Gasteiger partial charge >= 0.3 is 0 Å². The summed E-state index contributed by atoms with van der Waals surface area (Å²) in [5.74, 6) is -0.806. The molecule has 0 aromatic heterocycles. The molecule has 2 aromatic rings. The minimum atomic E-state index is -0.620. The van der Waals surface area contributed by atoms with Gasteiger partial charge in [0.05, 0.1) is 12.7 Å². The molecular weight excluding hydrogens is 290 g/mol. The van der Waals surface area contributed by atoms with Gasteiger partial charge in [0.1, 0.15) is 17.4 Å². The number of hydrogen-bond acceptors (Lipinski definition) is 1. The molecule has 1 radical (unpaired) electrons. The third kappa shape index (κ3) is 2.47. The van der Waals surface area contributed by atoms with Crippen LogP contribution in [0.2, 0.25) is 0 Å². The maximum absolute atomic E-state index is 13.7. The molecule has 0 saturated heterocycles. The standard InChI is InChI=1S/C13H8BrF2O/c1-17-10-4-2-3-8(5-10)13-11(15)6-9(14)7-12(13)16/h2-3,5-7H,1H3. The van der Waals surface area contributed by atoms with Gasteiger partial charge < -0.3 is 4.74 Å². The van der Waals surface area contributed by atoms with Gasteiger partial charge in [0, 0.05) is 10.5 Å². The van der Waals surface area contributed by atoms with Gasteiger partial charge in [-0.15, -0.1) is 0 Å². The lowest BCUT2D eigenvalue weighted by molar-refractivity contribution is 0.414.